The van der Waals surface area contributed by atoms with Crippen LogP contribution in [0.5, 0.6) is 0 Å². The van der Waals surface area contributed by atoms with Crippen LogP contribution < -0.4 is 0 Å². The van der Waals surface area contributed by atoms with Crippen LogP contribution in [0.3, 0.4) is 0 Å². The van der Waals surface area contributed by atoms with Gasteiger partial charge in [0.25, 0.3) is 0 Å². The van der Waals surface area contributed by atoms with E-state index < -0.39 is 0 Å². The van der Waals surface area contributed by atoms with E-state index in [2.05, 4.69) is 29.2 Å². The molecular weight excluding hydrogens is 262 g/mol. The molecular formula is C18H21NS. The molecule has 4 fully saturated rings. The number of hydrogen-bond donors (Lipinski definition) is 0. The summed E-state index contributed by atoms with van der Waals surface area (Å²) < 4.78 is 0. The molecule has 0 aromatic heterocycles. The van der Waals surface area contributed by atoms with Crippen LogP contribution in [0, 0.1) is 17.8 Å². The summed E-state index contributed by atoms with van der Waals surface area (Å²) in [7, 11) is 0. The Morgan fingerprint density at radius 1 is 0.950 bits per heavy atom. The smallest absolute Gasteiger partial charge is 0.110 e. The fourth-order valence-corrected chi connectivity index (χ4v) is 6.49. The molecule has 0 unspecified atom stereocenters. The first kappa shape index (κ1) is 11.7. The lowest BCUT2D eigenvalue weighted by Crippen LogP contribution is -2.59. The number of benzene rings is 1. The fraction of sp³-hybridized carbons (Fsp3) is 0.611. The summed E-state index contributed by atoms with van der Waals surface area (Å²) >= 11 is 5.86. The molecule has 104 valence electrons. The Morgan fingerprint density at radius 3 is 2.15 bits per heavy atom. The first-order valence-corrected chi connectivity index (χ1v) is 8.54. The van der Waals surface area contributed by atoms with E-state index in [1.165, 1.54) is 49.7 Å². The summed E-state index contributed by atoms with van der Waals surface area (Å²) in [4.78, 5) is 3.78. The Hall–Kier alpha value is -0.890. The fourth-order valence-electron chi connectivity index (χ4n) is 6.03. The van der Waals surface area contributed by atoms with E-state index in [9.17, 15) is 0 Å². The quantitative estimate of drug-likeness (QED) is 0.712. The van der Waals surface area contributed by atoms with E-state index >= 15 is 0 Å². The van der Waals surface area contributed by atoms with E-state index in [4.69, 9.17) is 12.2 Å². The molecule has 4 aliphatic carbocycles. The first-order chi connectivity index (χ1) is 9.73. The predicted molar refractivity (Wildman–Crippen MR) is 84.6 cm³/mol. The van der Waals surface area contributed by atoms with Crippen LogP contribution in [0.1, 0.15) is 49.7 Å². The molecule has 0 atom stereocenters. The molecule has 1 aliphatic heterocycles. The van der Waals surface area contributed by atoms with Gasteiger partial charge in [0.15, 0.2) is 0 Å². The van der Waals surface area contributed by atoms with E-state index in [0.29, 0.717) is 5.54 Å². The van der Waals surface area contributed by atoms with Crippen molar-refractivity contribution in [3.63, 3.8) is 0 Å². The van der Waals surface area contributed by atoms with Crippen molar-refractivity contribution < 1.29 is 0 Å². The zero-order chi connectivity index (χ0) is 13.3. The Labute approximate surface area is 126 Å². The second-order valence-corrected chi connectivity index (χ2v) is 8.08. The van der Waals surface area contributed by atoms with E-state index in [1.54, 1.807) is 0 Å². The summed E-state index contributed by atoms with van der Waals surface area (Å²) in [6, 6.07) is 8.78. The molecule has 4 saturated carbocycles. The van der Waals surface area contributed by atoms with Crippen molar-refractivity contribution in [3.05, 3.63) is 35.4 Å². The SMILES string of the molecule is S=C1c2ccccc2CN1C12CC3CC(CC(C3)C1)C2. The highest BCUT2D eigenvalue weighted by Crippen LogP contribution is 2.58. The highest BCUT2D eigenvalue weighted by atomic mass is 32.1. The van der Waals surface area contributed by atoms with Gasteiger partial charge in [-0.25, -0.2) is 0 Å². The third kappa shape index (κ3) is 1.46. The van der Waals surface area contributed by atoms with Gasteiger partial charge in [0.2, 0.25) is 0 Å². The Balaban J connectivity index is 1.54. The summed E-state index contributed by atoms with van der Waals surface area (Å²) in [5.74, 6) is 2.98. The predicted octanol–water partition coefficient (Wildman–Crippen LogP) is 4.15. The van der Waals surface area contributed by atoms with Crippen LogP contribution in [0.15, 0.2) is 24.3 Å². The number of thiocarbonyl (C=S) groups is 1. The van der Waals surface area contributed by atoms with Gasteiger partial charge in [-0.1, -0.05) is 36.5 Å². The third-order valence-electron chi connectivity index (χ3n) is 6.40. The normalized spacial score (nSPS) is 41.3. The van der Waals surface area contributed by atoms with Crippen molar-refractivity contribution in [2.24, 2.45) is 17.8 Å². The van der Waals surface area contributed by atoms with Crippen LogP contribution in [-0.2, 0) is 6.54 Å². The van der Waals surface area contributed by atoms with Crippen molar-refractivity contribution in [1.82, 2.24) is 4.90 Å². The molecule has 4 bridgehead atoms. The Morgan fingerprint density at radius 2 is 1.55 bits per heavy atom. The third-order valence-corrected chi connectivity index (χ3v) is 6.84. The summed E-state index contributed by atoms with van der Waals surface area (Å²) in [6.45, 7) is 1.07. The monoisotopic (exact) mass is 283 g/mol. The second-order valence-electron chi connectivity index (χ2n) is 7.69. The topological polar surface area (TPSA) is 3.24 Å². The van der Waals surface area contributed by atoms with Crippen LogP contribution >= 0.6 is 12.2 Å². The average Bonchev–Trinajstić information content (AvgIpc) is 2.76. The van der Waals surface area contributed by atoms with Gasteiger partial charge < -0.3 is 4.90 Å². The van der Waals surface area contributed by atoms with Gasteiger partial charge in [-0.05, 0) is 61.8 Å². The maximum Gasteiger partial charge on any atom is 0.110 e. The van der Waals surface area contributed by atoms with Crippen molar-refractivity contribution in [2.75, 3.05) is 0 Å². The maximum absolute atomic E-state index is 5.86. The van der Waals surface area contributed by atoms with Crippen LogP contribution in [0.2, 0.25) is 0 Å². The minimum atomic E-state index is 0.421. The molecule has 1 aromatic rings. The minimum absolute atomic E-state index is 0.421. The highest BCUT2D eigenvalue weighted by molar-refractivity contribution is 7.80. The largest absolute Gasteiger partial charge is 0.352 e. The zero-order valence-electron chi connectivity index (χ0n) is 11.8. The second kappa shape index (κ2) is 3.85. The van der Waals surface area contributed by atoms with Gasteiger partial charge in [0, 0.05) is 17.6 Å². The molecule has 1 nitrogen and oxygen atoms in total. The maximum atomic E-state index is 5.86. The average molecular weight is 283 g/mol. The van der Waals surface area contributed by atoms with Crippen LogP contribution in [0.25, 0.3) is 0 Å². The molecule has 20 heavy (non-hydrogen) atoms. The molecule has 1 aromatic carbocycles. The van der Waals surface area contributed by atoms with Gasteiger partial charge in [0.05, 0.1) is 0 Å². The standard InChI is InChI=1S/C18H21NS/c20-17-16-4-2-1-3-15(16)11-19(17)18-8-12-5-13(9-18)7-14(6-12)10-18/h1-4,12-14H,5-11H2. The molecule has 5 aliphatic rings. The van der Waals surface area contributed by atoms with Crippen molar-refractivity contribution in [2.45, 2.75) is 50.6 Å². The number of fused-ring (bicyclic) bond motifs is 1. The molecule has 0 spiro atoms. The van der Waals surface area contributed by atoms with E-state index in [0.717, 1.165) is 29.3 Å². The Kier molecular flexibility index (Phi) is 2.26. The number of hydrogen-bond acceptors (Lipinski definition) is 1. The lowest BCUT2D eigenvalue weighted by atomic mass is 9.52. The zero-order valence-corrected chi connectivity index (χ0v) is 12.7. The van der Waals surface area contributed by atoms with Crippen molar-refractivity contribution in [1.29, 1.82) is 0 Å². The van der Waals surface area contributed by atoms with Crippen LogP contribution in [-0.4, -0.2) is 15.4 Å². The number of rotatable bonds is 1. The van der Waals surface area contributed by atoms with Gasteiger partial charge in [0.1, 0.15) is 4.99 Å². The lowest BCUT2D eigenvalue weighted by Gasteiger charge is -2.60. The van der Waals surface area contributed by atoms with Gasteiger partial charge in [-0.2, -0.15) is 0 Å². The van der Waals surface area contributed by atoms with E-state index in [-0.39, 0.29) is 0 Å². The van der Waals surface area contributed by atoms with Gasteiger partial charge in [-0.15, -0.1) is 0 Å². The van der Waals surface area contributed by atoms with E-state index in [1.807, 2.05) is 0 Å². The highest BCUT2D eigenvalue weighted by Gasteiger charge is 2.55. The summed E-state index contributed by atoms with van der Waals surface area (Å²) in [5.41, 5.74) is 3.21. The minimum Gasteiger partial charge on any atom is -0.352 e. The van der Waals surface area contributed by atoms with Gasteiger partial charge >= 0.3 is 0 Å². The van der Waals surface area contributed by atoms with Gasteiger partial charge in [-0.3, -0.25) is 0 Å². The molecule has 0 radical (unpaired) electrons. The number of nitrogens with zero attached hydrogens (tertiary/aromatic N) is 1. The van der Waals surface area contributed by atoms with Crippen molar-refractivity contribution >= 4 is 17.2 Å². The molecule has 0 amide bonds. The van der Waals surface area contributed by atoms with Crippen molar-refractivity contribution in [3.8, 4) is 0 Å². The molecule has 0 N–H and O–H groups in total. The first-order valence-electron chi connectivity index (χ1n) is 8.13. The Bertz CT molecular complexity index is 556. The van der Waals surface area contributed by atoms with Crippen LogP contribution in [0.4, 0.5) is 0 Å². The molecule has 1 heterocycles. The summed E-state index contributed by atoms with van der Waals surface area (Å²) in [6.07, 6.45) is 8.75. The lowest BCUT2D eigenvalue weighted by molar-refractivity contribution is -0.0620. The molecule has 2 heteroatoms. The molecule has 0 saturated heterocycles. The summed E-state index contributed by atoms with van der Waals surface area (Å²) in [5, 5.41) is 0. The molecule has 6 rings (SSSR count).